The summed E-state index contributed by atoms with van der Waals surface area (Å²) < 4.78 is 4.95. The minimum absolute atomic E-state index is 0.172. The standard InChI is InChI=1S/C10H12O2.C10H18O/c1-3-4-8-5-6-9(11)10(7-8)12-2;1-5-10(4,11)8-6-7-9(2)3/h3,5-7,11H,1,4H2,2H3;5,7,11H,1,6,8H2,2-4H3. The first kappa shape index (κ1) is 21.0. The number of allylic oxidation sites excluding steroid dienone is 3. The third kappa shape index (κ3) is 9.59. The zero-order chi connectivity index (χ0) is 17.9. The first-order chi connectivity index (χ1) is 10.8. The summed E-state index contributed by atoms with van der Waals surface area (Å²) in [4.78, 5) is 0. The fraction of sp³-hybridized carbons (Fsp3) is 0.400. The molecule has 0 aromatic heterocycles. The average molecular weight is 318 g/mol. The SMILES string of the molecule is C=CC(C)(O)CCC=C(C)C.C=CCc1ccc(O)c(OC)c1. The van der Waals surface area contributed by atoms with Gasteiger partial charge in [-0.3, -0.25) is 0 Å². The van der Waals surface area contributed by atoms with Crippen molar-refractivity contribution in [3.63, 3.8) is 0 Å². The Bertz CT molecular complexity index is 524. The monoisotopic (exact) mass is 318 g/mol. The van der Waals surface area contributed by atoms with Crippen molar-refractivity contribution in [2.24, 2.45) is 0 Å². The van der Waals surface area contributed by atoms with E-state index in [1.165, 1.54) is 12.7 Å². The van der Waals surface area contributed by atoms with E-state index in [9.17, 15) is 10.2 Å². The Hall–Kier alpha value is -2.00. The maximum Gasteiger partial charge on any atom is 0.160 e. The van der Waals surface area contributed by atoms with E-state index in [1.807, 2.05) is 12.1 Å². The number of ether oxygens (including phenoxy) is 1. The van der Waals surface area contributed by atoms with Crippen LogP contribution in [0.15, 0.2) is 55.2 Å². The molecule has 1 aromatic carbocycles. The molecule has 2 N–H and O–H groups in total. The van der Waals surface area contributed by atoms with Crippen molar-refractivity contribution in [3.8, 4) is 11.5 Å². The van der Waals surface area contributed by atoms with Gasteiger partial charge in [0.2, 0.25) is 0 Å². The molecule has 23 heavy (non-hydrogen) atoms. The van der Waals surface area contributed by atoms with E-state index in [1.54, 1.807) is 25.1 Å². The van der Waals surface area contributed by atoms with Gasteiger partial charge in [-0.05, 0) is 57.7 Å². The van der Waals surface area contributed by atoms with E-state index in [0.29, 0.717) is 5.75 Å². The fourth-order valence-corrected chi connectivity index (χ4v) is 1.77. The zero-order valence-electron chi connectivity index (χ0n) is 14.8. The van der Waals surface area contributed by atoms with Gasteiger partial charge in [0, 0.05) is 0 Å². The molecule has 0 fully saturated rings. The molecule has 0 spiro atoms. The molecule has 128 valence electrons. The highest BCUT2D eigenvalue weighted by Gasteiger charge is 2.12. The number of hydrogen-bond donors (Lipinski definition) is 2. The van der Waals surface area contributed by atoms with E-state index in [0.717, 1.165) is 24.8 Å². The highest BCUT2D eigenvalue weighted by Crippen LogP contribution is 2.26. The van der Waals surface area contributed by atoms with Crippen LogP contribution in [-0.4, -0.2) is 22.9 Å². The number of aromatic hydroxyl groups is 1. The smallest absolute Gasteiger partial charge is 0.160 e. The molecular formula is C20H30O3. The van der Waals surface area contributed by atoms with Gasteiger partial charge in [-0.25, -0.2) is 0 Å². The summed E-state index contributed by atoms with van der Waals surface area (Å²) in [7, 11) is 1.53. The van der Waals surface area contributed by atoms with E-state index >= 15 is 0 Å². The number of aliphatic hydroxyl groups is 1. The average Bonchev–Trinajstić information content (AvgIpc) is 2.49. The van der Waals surface area contributed by atoms with E-state index in [-0.39, 0.29) is 5.75 Å². The van der Waals surface area contributed by atoms with Gasteiger partial charge in [-0.2, -0.15) is 0 Å². The lowest BCUT2D eigenvalue weighted by Crippen LogP contribution is -2.19. The van der Waals surface area contributed by atoms with Gasteiger partial charge in [0.25, 0.3) is 0 Å². The van der Waals surface area contributed by atoms with Gasteiger partial charge >= 0.3 is 0 Å². The highest BCUT2D eigenvalue weighted by atomic mass is 16.5. The maximum atomic E-state index is 9.49. The van der Waals surface area contributed by atoms with Crippen LogP contribution in [0.5, 0.6) is 11.5 Å². The number of phenolic OH excluding ortho intramolecular Hbond substituents is 1. The number of benzene rings is 1. The molecule has 0 bridgehead atoms. The molecule has 3 nitrogen and oxygen atoms in total. The van der Waals surface area contributed by atoms with Gasteiger partial charge in [0.15, 0.2) is 11.5 Å². The Balaban J connectivity index is 0.000000423. The molecule has 0 saturated carbocycles. The van der Waals surface area contributed by atoms with Crippen molar-refractivity contribution in [1.82, 2.24) is 0 Å². The Morgan fingerprint density at radius 3 is 2.43 bits per heavy atom. The molecule has 0 aliphatic rings. The lowest BCUT2D eigenvalue weighted by Gasteiger charge is -2.16. The summed E-state index contributed by atoms with van der Waals surface area (Å²) in [6, 6.07) is 5.27. The van der Waals surface area contributed by atoms with Gasteiger partial charge in [-0.1, -0.05) is 29.9 Å². The maximum absolute atomic E-state index is 9.49. The predicted molar refractivity (Wildman–Crippen MR) is 98.0 cm³/mol. The second-order valence-electron chi connectivity index (χ2n) is 5.88. The van der Waals surface area contributed by atoms with Crippen molar-refractivity contribution < 1.29 is 14.9 Å². The number of phenols is 1. The van der Waals surface area contributed by atoms with Gasteiger partial charge in [0.1, 0.15) is 0 Å². The fourth-order valence-electron chi connectivity index (χ4n) is 1.77. The van der Waals surface area contributed by atoms with Gasteiger partial charge in [-0.15, -0.1) is 13.2 Å². The third-order valence-corrected chi connectivity index (χ3v) is 3.27. The van der Waals surface area contributed by atoms with Gasteiger partial charge < -0.3 is 14.9 Å². The second-order valence-corrected chi connectivity index (χ2v) is 5.88. The Morgan fingerprint density at radius 1 is 1.30 bits per heavy atom. The summed E-state index contributed by atoms with van der Waals surface area (Å²) in [5.74, 6) is 0.680. The van der Waals surface area contributed by atoms with Crippen LogP contribution in [0.2, 0.25) is 0 Å². The summed E-state index contributed by atoms with van der Waals surface area (Å²) in [5, 5.41) is 18.7. The van der Waals surface area contributed by atoms with Crippen LogP contribution >= 0.6 is 0 Å². The largest absolute Gasteiger partial charge is 0.504 e. The normalized spacial score (nSPS) is 12.2. The molecule has 0 saturated heterocycles. The molecule has 1 aromatic rings. The number of rotatable bonds is 7. The molecular weight excluding hydrogens is 288 g/mol. The van der Waals surface area contributed by atoms with Crippen LogP contribution in [-0.2, 0) is 6.42 Å². The van der Waals surface area contributed by atoms with Crippen molar-refractivity contribution in [1.29, 1.82) is 0 Å². The summed E-state index contributed by atoms with van der Waals surface area (Å²) in [6.07, 6.45) is 7.98. The molecule has 1 unspecified atom stereocenters. The van der Waals surface area contributed by atoms with Crippen LogP contribution in [0.4, 0.5) is 0 Å². The van der Waals surface area contributed by atoms with Crippen LogP contribution < -0.4 is 4.74 Å². The number of hydrogen-bond acceptors (Lipinski definition) is 3. The molecule has 0 aliphatic heterocycles. The van der Waals surface area contributed by atoms with Crippen LogP contribution in [0.3, 0.4) is 0 Å². The van der Waals surface area contributed by atoms with Crippen molar-refractivity contribution >= 4 is 0 Å². The second kappa shape index (κ2) is 10.7. The first-order valence-corrected chi connectivity index (χ1v) is 7.72. The molecule has 0 amide bonds. The summed E-state index contributed by atoms with van der Waals surface area (Å²) >= 11 is 0. The van der Waals surface area contributed by atoms with Crippen LogP contribution in [0.1, 0.15) is 39.2 Å². The number of methoxy groups -OCH3 is 1. The van der Waals surface area contributed by atoms with Crippen molar-refractivity contribution in [2.45, 2.75) is 45.6 Å². The van der Waals surface area contributed by atoms with Crippen molar-refractivity contribution in [3.05, 3.63) is 60.7 Å². The molecule has 1 rings (SSSR count). The lowest BCUT2D eigenvalue weighted by molar-refractivity contribution is 0.103. The lowest BCUT2D eigenvalue weighted by atomic mass is 10.00. The quantitative estimate of drug-likeness (QED) is 0.710. The molecule has 0 aliphatic carbocycles. The molecule has 3 heteroatoms. The van der Waals surface area contributed by atoms with Crippen molar-refractivity contribution in [2.75, 3.05) is 7.11 Å². The van der Waals surface area contributed by atoms with E-state index in [2.05, 4.69) is 33.1 Å². The third-order valence-electron chi connectivity index (χ3n) is 3.27. The zero-order valence-corrected chi connectivity index (χ0v) is 14.8. The predicted octanol–water partition coefficient (Wildman–Crippen LogP) is 4.80. The summed E-state index contributed by atoms with van der Waals surface area (Å²) in [5.41, 5.74) is 1.68. The topological polar surface area (TPSA) is 49.7 Å². The minimum atomic E-state index is -0.702. The van der Waals surface area contributed by atoms with Gasteiger partial charge in [0.05, 0.1) is 12.7 Å². The summed E-state index contributed by atoms with van der Waals surface area (Å²) in [6.45, 7) is 13.1. The van der Waals surface area contributed by atoms with E-state index < -0.39 is 5.60 Å². The highest BCUT2D eigenvalue weighted by molar-refractivity contribution is 5.42. The molecule has 0 radical (unpaired) electrons. The Morgan fingerprint density at radius 2 is 1.96 bits per heavy atom. The molecule has 0 heterocycles. The van der Waals surface area contributed by atoms with Crippen LogP contribution in [0, 0.1) is 0 Å². The minimum Gasteiger partial charge on any atom is -0.504 e. The Labute approximate surface area is 140 Å². The first-order valence-electron chi connectivity index (χ1n) is 7.72. The molecule has 1 atom stereocenters. The van der Waals surface area contributed by atoms with Crippen LogP contribution in [0.25, 0.3) is 0 Å². The van der Waals surface area contributed by atoms with E-state index in [4.69, 9.17) is 4.74 Å². The Kier molecular flexibility index (Phi) is 9.75.